The Kier molecular flexibility index (Phi) is 12.0. The lowest BCUT2D eigenvalue weighted by molar-refractivity contribution is -0.129. The fourth-order valence-electron chi connectivity index (χ4n) is 2.37. The molecule has 0 aliphatic rings. The summed E-state index contributed by atoms with van der Waals surface area (Å²) >= 11 is 1.49. The number of thioether (sulfide) groups is 1. The SMILES string of the molecule is CC(C)CCC(=O)N[C@@H](CSCCCC(=O)NO)C(=O)NCc1ccccc1. The van der Waals surface area contributed by atoms with Gasteiger partial charge in [0.1, 0.15) is 6.04 Å². The molecule has 0 heterocycles. The lowest BCUT2D eigenvalue weighted by atomic mass is 10.1. The number of carbonyl (C=O) groups excluding carboxylic acids is 3. The maximum atomic E-state index is 12.6. The largest absolute Gasteiger partial charge is 0.350 e. The molecule has 0 bridgehead atoms. The van der Waals surface area contributed by atoms with Crippen LogP contribution in [0.4, 0.5) is 0 Å². The summed E-state index contributed by atoms with van der Waals surface area (Å²) in [5.41, 5.74) is 2.58. The second-order valence-electron chi connectivity index (χ2n) is 6.97. The van der Waals surface area contributed by atoms with Crippen LogP contribution >= 0.6 is 11.8 Å². The van der Waals surface area contributed by atoms with Crippen LogP contribution in [0.1, 0.15) is 45.1 Å². The van der Waals surface area contributed by atoms with E-state index in [1.165, 1.54) is 11.8 Å². The van der Waals surface area contributed by atoms with E-state index in [-0.39, 0.29) is 18.2 Å². The van der Waals surface area contributed by atoms with Gasteiger partial charge in [-0.1, -0.05) is 44.2 Å². The molecule has 0 saturated heterocycles. The van der Waals surface area contributed by atoms with Crippen LogP contribution in [0.25, 0.3) is 0 Å². The Balaban J connectivity index is 2.51. The lowest BCUT2D eigenvalue weighted by Gasteiger charge is -2.19. The summed E-state index contributed by atoms with van der Waals surface area (Å²) in [5, 5.41) is 14.2. The molecule has 156 valence electrons. The van der Waals surface area contributed by atoms with Gasteiger partial charge in [-0.2, -0.15) is 11.8 Å². The number of hydrogen-bond acceptors (Lipinski definition) is 5. The minimum absolute atomic E-state index is 0.131. The highest BCUT2D eigenvalue weighted by Gasteiger charge is 2.20. The minimum atomic E-state index is -0.625. The van der Waals surface area contributed by atoms with E-state index >= 15 is 0 Å². The Labute approximate surface area is 171 Å². The van der Waals surface area contributed by atoms with Gasteiger partial charge in [0.15, 0.2) is 0 Å². The molecule has 1 rings (SSSR count). The van der Waals surface area contributed by atoms with E-state index < -0.39 is 11.9 Å². The smallest absolute Gasteiger partial charge is 0.243 e. The molecule has 0 aliphatic carbocycles. The summed E-state index contributed by atoms with van der Waals surface area (Å²) in [7, 11) is 0. The number of benzene rings is 1. The van der Waals surface area contributed by atoms with Crippen LogP contribution in [-0.4, -0.2) is 40.5 Å². The molecule has 0 saturated carbocycles. The van der Waals surface area contributed by atoms with Crippen LogP contribution in [0, 0.1) is 5.92 Å². The Morgan fingerprint density at radius 3 is 2.43 bits per heavy atom. The summed E-state index contributed by atoms with van der Waals surface area (Å²) in [5.74, 6) is 0.714. The second-order valence-corrected chi connectivity index (χ2v) is 8.12. The predicted molar refractivity (Wildman–Crippen MR) is 111 cm³/mol. The van der Waals surface area contributed by atoms with Crippen molar-refractivity contribution in [3.63, 3.8) is 0 Å². The highest BCUT2D eigenvalue weighted by atomic mass is 32.2. The lowest BCUT2D eigenvalue weighted by Crippen LogP contribution is -2.48. The van der Waals surface area contributed by atoms with Crippen molar-refractivity contribution in [3.05, 3.63) is 35.9 Å². The Hall–Kier alpha value is -2.06. The first-order chi connectivity index (χ1) is 13.4. The van der Waals surface area contributed by atoms with E-state index in [4.69, 9.17) is 5.21 Å². The van der Waals surface area contributed by atoms with Crippen LogP contribution in [0.5, 0.6) is 0 Å². The molecule has 7 nitrogen and oxygen atoms in total. The van der Waals surface area contributed by atoms with Gasteiger partial charge >= 0.3 is 0 Å². The van der Waals surface area contributed by atoms with Crippen molar-refractivity contribution in [1.29, 1.82) is 0 Å². The summed E-state index contributed by atoms with van der Waals surface area (Å²) in [4.78, 5) is 35.8. The molecule has 28 heavy (non-hydrogen) atoms. The zero-order valence-corrected chi connectivity index (χ0v) is 17.4. The molecule has 0 fully saturated rings. The molecule has 0 spiro atoms. The molecule has 3 amide bonds. The average Bonchev–Trinajstić information content (AvgIpc) is 2.69. The molecular formula is C20H31N3O4S. The first-order valence-electron chi connectivity index (χ1n) is 9.54. The van der Waals surface area contributed by atoms with E-state index in [1.54, 1.807) is 5.48 Å². The van der Waals surface area contributed by atoms with Crippen LogP contribution in [-0.2, 0) is 20.9 Å². The fourth-order valence-corrected chi connectivity index (χ4v) is 3.35. The number of carbonyl (C=O) groups is 3. The zero-order valence-electron chi connectivity index (χ0n) is 16.6. The third-order valence-corrected chi connectivity index (χ3v) is 5.16. The zero-order chi connectivity index (χ0) is 20.8. The first kappa shape index (κ1) is 24.0. The molecule has 1 aromatic carbocycles. The summed E-state index contributed by atoms with van der Waals surface area (Å²) in [6.07, 6.45) is 1.96. The predicted octanol–water partition coefficient (Wildman–Crippen LogP) is 2.24. The molecule has 1 aromatic rings. The molecule has 1 atom stereocenters. The topological polar surface area (TPSA) is 108 Å². The quantitative estimate of drug-likeness (QED) is 0.227. The van der Waals surface area contributed by atoms with Crippen LogP contribution in [0.15, 0.2) is 30.3 Å². The van der Waals surface area contributed by atoms with Crippen molar-refractivity contribution in [2.45, 2.75) is 52.1 Å². The van der Waals surface area contributed by atoms with E-state index in [1.807, 2.05) is 30.3 Å². The molecule has 0 aromatic heterocycles. The van der Waals surface area contributed by atoms with Crippen molar-refractivity contribution in [2.24, 2.45) is 5.92 Å². The van der Waals surface area contributed by atoms with Gasteiger partial charge in [-0.25, -0.2) is 5.48 Å². The van der Waals surface area contributed by atoms with Gasteiger partial charge in [0.2, 0.25) is 17.7 Å². The van der Waals surface area contributed by atoms with Gasteiger partial charge in [0, 0.05) is 25.1 Å². The van der Waals surface area contributed by atoms with Gasteiger partial charge in [-0.05, 0) is 30.1 Å². The molecular weight excluding hydrogens is 378 g/mol. The maximum absolute atomic E-state index is 12.6. The van der Waals surface area contributed by atoms with Gasteiger partial charge in [-0.15, -0.1) is 0 Å². The van der Waals surface area contributed by atoms with E-state index in [9.17, 15) is 14.4 Å². The summed E-state index contributed by atoms with van der Waals surface area (Å²) < 4.78 is 0. The van der Waals surface area contributed by atoms with Crippen LogP contribution < -0.4 is 16.1 Å². The van der Waals surface area contributed by atoms with Crippen molar-refractivity contribution in [3.8, 4) is 0 Å². The number of hydrogen-bond donors (Lipinski definition) is 4. The maximum Gasteiger partial charge on any atom is 0.243 e. The van der Waals surface area contributed by atoms with Gasteiger partial charge in [-0.3, -0.25) is 19.6 Å². The third-order valence-electron chi connectivity index (χ3n) is 4.01. The standard InChI is InChI=1S/C20H31N3O4S/c1-15(2)10-11-18(24)22-17(14-28-12-6-9-19(25)23-27)20(26)21-13-16-7-4-3-5-8-16/h3-5,7-8,15,17,27H,6,9-14H2,1-2H3,(H,21,26)(H,22,24)(H,23,25)/t17-/m0/s1. The summed E-state index contributed by atoms with van der Waals surface area (Å²) in [6, 6.07) is 8.96. The number of hydroxylamine groups is 1. The Morgan fingerprint density at radius 1 is 1.07 bits per heavy atom. The normalized spacial score (nSPS) is 11.7. The molecule has 4 N–H and O–H groups in total. The number of amides is 3. The summed E-state index contributed by atoms with van der Waals surface area (Å²) in [6.45, 7) is 4.50. The molecule has 0 aliphatic heterocycles. The van der Waals surface area contributed by atoms with Crippen molar-refractivity contribution >= 4 is 29.5 Å². The molecule has 8 heteroatoms. The molecule has 0 radical (unpaired) electrons. The van der Waals surface area contributed by atoms with Gasteiger partial charge < -0.3 is 10.6 Å². The van der Waals surface area contributed by atoms with Crippen molar-refractivity contribution < 1.29 is 19.6 Å². The minimum Gasteiger partial charge on any atom is -0.350 e. The first-order valence-corrected chi connectivity index (χ1v) is 10.7. The highest BCUT2D eigenvalue weighted by molar-refractivity contribution is 7.99. The van der Waals surface area contributed by atoms with Crippen molar-refractivity contribution in [2.75, 3.05) is 11.5 Å². The van der Waals surface area contributed by atoms with E-state index in [0.717, 1.165) is 12.0 Å². The van der Waals surface area contributed by atoms with Crippen LogP contribution in [0.3, 0.4) is 0 Å². The Bertz CT molecular complexity index is 611. The van der Waals surface area contributed by atoms with Gasteiger partial charge in [0.05, 0.1) is 0 Å². The average molecular weight is 410 g/mol. The second kappa shape index (κ2) is 14.0. The number of rotatable bonds is 13. The number of nitrogens with one attached hydrogen (secondary N) is 3. The van der Waals surface area contributed by atoms with Crippen molar-refractivity contribution in [1.82, 2.24) is 16.1 Å². The highest BCUT2D eigenvalue weighted by Crippen LogP contribution is 2.09. The molecule has 0 unspecified atom stereocenters. The van der Waals surface area contributed by atoms with Crippen LogP contribution in [0.2, 0.25) is 0 Å². The van der Waals surface area contributed by atoms with Gasteiger partial charge in [0.25, 0.3) is 0 Å². The Morgan fingerprint density at radius 2 is 1.79 bits per heavy atom. The monoisotopic (exact) mass is 409 g/mol. The van der Waals surface area contributed by atoms with E-state index in [2.05, 4.69) is 24.5 Å². The fraction of sp³-hybridized carbons (Fsp3) is 0.550. The third kappa shape index (κ3) is 10.9. The van der Waals surface area contributed by atoms with E-state index in [0.29, 0.717) is 36.8 Å².